The Labute approximate surface area is 144 Å². The van der Waals surface area contributed by atoms with Crippen LogP contribution in [0.3, 0.4) is 0 Å². The third-order valence-corrected chi connectivity index (χ3v) is 4.33. The lowest BCUT2D eigenvalue weighted by Crippen LogP contribution is -2.21. The highest BCUT2D eigenvalue weighted by atomic mass is 32.1. The molecule has 132 valence electrons. The number of amides is 1. The van der Waals surface area contributed by atoms with Crippen molar-refractivity contribution in [1.29, 1.82) is 0 Å². The predicted octanol–water partition coefficient (Wildman–Crippen LogP) is 2.72. The van der Waals surface area contributed by atoms with Crippen LogP contribution < -0.4 is 5.32 Å². The van der Waals surface area contributed by atoms with Gasteiger partial charge >= 0.3 is 11.9 Å². The van der Waals surface area contributed by atoms with Crippen molar-refractivity contribution in [3.63, 3.8) is 0 Å². The number of esters is 2. The van der Waals surface area contributed by atoms with E-state index in [1.807, 2.05) is 6.92 Å². The summed E-state index contributed by atoms with van der Waals surface area (Å²) in [5.74, 6) is -1.87. The Kier molecular flexibility index (Phi) is 7.57. The molecule has 0 spiro atoms. The molecule has 0 aliphatic heterocycles. The molecule has 24 heavy (non-hydrogen) atoms. The first kappa shape index (κ1) is 19.8. The summed E-state index contributed by atoms with van der Waals surface area (Å²) < 4.78 is 9.79. The lowest BCUT2D eigenvalue weighted by atomic mass is 10.1. The molecule has 1 aromatic heterocycles. The van der Waals surface area contributed by atoms with E-state index in [2.05, 4.69) is 5.32 Å². The Balaban J connectivity index is 2.95. The van der Waals surface area contributed by atoms with Gasteiger partial charge in [0.25, 0.3) is 5.91 Å². The van der Waals surface area contributed by atoms with Crippen LogP contribution in [0, 0.1) is 6.92 Å². The lowest BCUT2D eigenvalue weighted by Gasteiger charge is -2.07. The molecule has 0 aliphatic carbocycles. The van der Waals surface area contributed by atoms with Crippen LogP contribution in [0.15, 0.2) is 0 Å². The Hall–Kier alpha value is -2.22. The number of hydrogen-bond acceptors (Lipinski definition) is 7. The fraction of sp³-hybridized carbons (Fsp3) is 0.500. The van der Waals surface area contributed by atoms with Gasteiger partial charge in [-0.15, -0.1) is 11.3 Å². The van der Waals surface area contributed by atoms with Crippen molar-refractivity contribution in [2.75, 3.05) is 18.5 Å². The first-order chi connectivity index (χ1) is 11.3. The molecule has 0 radical (unpaired) electrons. The molecule has 1 N–H and O–H groups in total. The van der Waals surface area contributed by atoms with E-state index in [1.165, 1.54) is 6.92 Å². The van der Waals surface area contributed by atoms with Gasteiger partial charge in [0.1, 0.15) is 5.00 Å². The summed E-state index contributed by atoms with van der Waals surface area (Å²) in [6.07, 6.45) is 0.855. The predicted molar refractivity (Wildman–Crippen MR) is 89.5 cm³/mol. The second-order valence-corrected chi connectivity index (χ2v) is 6.02. The van der Waals surface area contributed by atoms with Crippen LogP contribution in [-0.4, -0.2) is 36.8 Å². The van der Waals surface area contributed by atoms with Gasteiger partial charge in [0.2, 0.25) is 0 Å². The number of rotatable bonds is 8. The summed E-state index contributed by atoms with van der Waals surface area (Å²) in [6.45, 7) is 6.21. The smallest absolute Gasteiger partial charge is 0.341 e. The highest BCUT2D eigenvalue weighted by molar-refractivity contribution is 7.18. The normalized spacial score (nSPS) is 10.2. The minimum absolute atomic E-state index is 0.153. The summed E-state index contributed by atoms with van der Waals surface area (Å²) in [7, 11) is 0. The molecule has 0 atom stereocenters. The number of Topliss-reactive ketones (excluding diaryl/α,β-unsaturated/α-hetero) is 1. The first-order valence-electron chi connectivity index (χ1n) is 7.58. The summed E-state index contributed by atoms with van der Waals surface area (Å²) in [5, 5.41) is 2.73. The topological polar surface area (TPSA) is 98.8 Å². The van der Waals surface area contributed by atoms with E-state index in [0.29, 0.717) is 16.9 Å². The highest BCUT2D eigenvalue weighted by Crippen LogP contribution is 2.34. The van der Waals surface area contributed by atoms with E-state index in [-0.39, 0.29) is 29.4 Å². The van der Waals surface area contributed by atoms with Crippen LogP contribution in [0.25, 0.3) is 0 Å². The van der Waals surface area contributed by atoms with Crippen molar-refractivity contribution in [3.8, 4) is 0 Å². The van der Waals surface area contributed by atoms with E-state index in [9.17, 15) is 19.2 Å². The van der Waals surface area contributed by atoms with Gasteiger partial charge in [-0.2, -0.15) is 0 Å². The minimum atomic E-state index is -0.614. The first-order valence-corrected chi connectivity index (χ1v) is 8.40. The number of thiophene rings is 1. The Bertz CT molecular complexity index is 649. The lowest BCUT2D eigenvalue weighted by molar-refractivity contribution is -0.147. The van der Waals surface area contributed by atoms with Crippen LogP contribution in [0.4, 0.5) is 5.00 Å². The van der Waals surface area contributed by atoms with Gasteiger partial charge < -0.3 is 14.8 Å². The van der Waals surface area contributed by atoms with Crippen molar-refractivity contribution >= 4 is 40.0 Å². The van der Waals surface area contributed by atoms with Crippen LogP contribution in [0.5, 0.6) is 0 Å². The largest absolute Gasteiger partial charge is 0.462 e. The second kappa shape index (κ2) is 9.17. The highest BCUT2D eigenvalue weighted by Gasteiger charge is 2.25. The molecular formula is C16H21NO6S. The average molecular weight is 355 g/mol. The SMILES string of the molecule is CCCC(=O)OCC(=O)Nc1sc(C(C)=O)c(C)c1C(=O)OCC. The summed E-state index contributed by atoms with van der Waals surface area (Å²) in [6, 6.07) is 0. The fourth-order valence-corrected chi connectivity index (χ4v) is 3.08. The maximum atomic E-state index is 12.1. The molecule has 1 aromatic rings. The Morgan fingerprint density at radius 1 is 1.12 bits per heavy atom. The quantitative estimate of drug-likeness (QED) is 0.569. The maximum Gasteiger partial charge on any atom is 0.341 e. The summed E-state index contributed by atoms with van der Waals surface area (Å²) >= 11 is 0.998. The molecule has 0 aliphatic rings. The third-order valence-electron chi connectivity index (χ3n) is 3.02. The fourth-order valence-electron chi connectivity index (χ4n) is 1.97. The van der Waals surface area contributed by atoms with Gasteiger partial charge in [0, 0.05) is 6.42 Å². The van der Waals surface area contributed by atoms with E-state index in [0.717, 1.165) is 11.3 Å². The van der Waals surface area contributed by atoms with E-state index >= 15 is 0 Å². The molecule has 1 rings (SSSR count). The van der Waals surface area contributed by atoms with E-state index in [4.69, 9.17) is 9.47 Å². The number of nitrogens with one attached hydrogen (secondary N) is 1. The number of ether oxygens (including phenoxy) is 2. The van der Waals surface area contributed by atoms with Gasteiger partial charge in [-0.1, -0.05) is 6.92 Å². The van der Waals surface area contributed by atoms with Crippen LogP contribution in [0.2, 0.25) is 0 Å². The zero-order valence-corrected chi connectivity index (χ0v) is 15.0. The van der Waals surface area contributed by atoms with Crippen LogP contribution in [0.1, 0.15) is 59.2 Å². The Morgan fingerprint density at radius 2 is 1.79 bits per heavy atom. The van der Waals surface area contributed by atoms with Crippen molar-refractivity contribution in [3.05, 3.63) is 16.0 Å². The molecule has 0 aromatic carbocycles. The molecular weight excluding hydrogens is 334 g/mol. The molecule has 8 heteroatoms. The van der Waals surface area contributed by atoms with Crippen molar-refractivity contribution in [2.45, 2.75) is 40.5 Å². The summed E-state index contributed by atoms with van der Waals surface area (Å²) in [5.41, 5.74) is 0.615. The molecule has 1 heterocycles. The molecule has 0 saturated heterocycles. The number of hydrogen-bond donors (Lipinski definition) is 1. The number of carbonyl (C=O) groups is 4. The van der Waals surface area contributed by atoms with E-state index in [1.54, 1.807) is 13.8 Å². The number of carbonyl (C=O) groups excluding carboxylic acids is 4. The third kappa shape index (κ3) is 5.16. The summed E-state index contributed by atoms with van der Waals surface area (Å²) in [4.78, 5) is 47.3. The zero-order chi connectivity index (χ0) is 18.3. The standard InChI is InChI=1S/C16H21NO6S/c1-5-7-12(20)23-8-11(19)17-15-13(16(21)22-6-2)9(3)14(24-15)10(4)18/h5-8H2,1-4H3,(H,17,19). The number of ketones is 1. The molecule has 0 fully saturated rings. The Morgan fingerprint density at radius 3 is 2.33 bits per heavy atom. The van der Waals surface area contributed by atoms with Crippen LogP contribution >= 0.6 is 11.3 Å². The van der Waals surface area contributed by atoms with Crippen molar-refractivity contribution in [1.82, 2.24) is 0 Å². The monoisotopic (exact) mass is 355 g/mol. The molecule has 0 unspecified atom stereocenters. The van der Waals surface area contributed by atoms with Gasteiger partial charge in [-0.25, -0.2) is 4.79 Å². The van der Waals surface area contributed by atoms with Gasteiger partial charge in [0.05, 0.1) is 17.0 Å². The van der Waals surface area contributed by atoms with Crippen molar-refractivity contribution < 1.29 is 28.7 Å². The van der Waals surface area contributed by atoms with E-state index < -0.39 is 24.5 Å². The van der Waals surface area contributed by atoms with Gasteiger partial charge in [0.15, 0.2) is 12.4 Å². The molecule has 7 nitrogen and oxygen atoms in total. The zero-order valence-electron chi connectivity index (χ0n) is 14.2. The molecule has 0 bridgehead atoms. The molecule has 1 amide bonds. The minimum Gasteiger partial charge on any atom is -0.462 e. The van der Waals surface area contributed by atoms with Gasteiger partial charge in [-0.3, -0.25) is 14.4 Å². The van der Waals surface area contributed by atoms with Gasteiger partial charge in [-0.05, 0) is 32.8 Å². The van der Waals surface area contributed by atoms with Crippen molar-refractivity contribution in [2.24, 2.45) is 0 Å². The molecule has 0 saturated carbocycles. The second-order valence-electron chi connectivity index (χ2n) is 5.00. The maximum absolute atomic E-state index is 12.1. The number of anilines is 1. The van der Waals surface area contributed by atoms with Crippen LogP contribution in [-0.2, 0) is 19.1 Å². The average Bonchev–Trinajstić information content (AvgIpc) is 2.82.